The molecule has 0 bridgehead atoms. The van der Waals surface area contributed by atoms with E-state index in [2.05, 4.69) is 10.2 Å². The molecule has 1 aromatic heterocycles. The number of rotatable bonds is 3. The average Bonchev–Trinajstić information content (AvgIpc) is 3.20. The molecule has 9 nitrogen and oxygen atoms in total. The third-order valence-corrected chi connectivity index (χ3v) is 5.13. The number of aromatic nitrogens is 2. The lowest BCUT2D eigenvalue weighted by molar-refractivity contribution is -0.182. The second kappa shape index (κ2) is 6.22. The quantitative estimate of drug-likeness (QED) is 0.807. The van der Waals surface area contributed by atoms with Crippen molar-refractivity contribution in [1.29, 1.82) is 0 Å². The number of carbonyl (C=O) groups is 2. The van der Waals surface area contributed by atoms with Gasteiger partial charge in [-0.15, -0.1) is 10.2 Å². The van der Waals surface area contributed by atoms with Crippen molar-refractivity contribution in [1.82, 2.24) is 20.0 Å². The van der Waals surface area contributed by atoms with E-state index >= 15 is 0 Å². The Morgan fingerprint density at radius 2 is 2.19 bits per heavy atom. The van der Waals surface area contributed by atoms with Crippen molar-refractivity contribution in [3.63, 3.8) is 0 Å². The van der Waals surface area contributed by atoms with Gasteiger partial charge in [0, 0.05) is 6.54 Å². The fourth-order valence-corrected chi connectivity index (χ4v) is 4.05. The summed E-state index contributed by atoms with van der Waals surface area (Å²) in [6.45, 7) is 9.30. The summed E-state index contributed by atoms with van der Waals surface area (Å²) in [7, 11) is 0. The van der Waals surface area contributed by atoms with Crippen molar-refractivity contribution < 1.29 is 23.8 Å². The molecule has 4 atom stereocenters. The minimum atomic E-state index is -0.935. The third kappa shape index (κ3) is 2.74. The highest BCUT2D eigenvalue weighted by Gasteiger charge is 2.67. The van der Waals surface area contributed by atoms with Crippen LogP contribution in [0.2, 0.25) is 0 Å². The van der Waals surface area contributed by atoms with Crippen LogP contribution in [0.5, 0.6) is 0 Å². The fraction of sp³-hybridized carbons (Fsp3) is 0.765. The molecule has 2 aliphatic heterocycles. The van der Waals surface area contributed by atoms with Gasteiger partial charge in [-0.3, -0.25) is 9.69 Å². The summed E-state index contributed by atoms with van der Waals surface area (Å²) in [4.78, 5) is 28.9. The van der Waals surface area contributed by atoms with Crippen molar-refractivity contribution in [2.75, 3.05) is 6.54 Å². The maximum absolute atomic E-state index is 13.2. The highest BCUT2D eigenvalue weighted by atomic mass is 16.6. The van der Waals surface area contributed by atoms with E-state index < -0.39 is 29.4 Å². The summed E-state index contributed by atoms with van der Waals surface area (Å²) in [5, 5.41) is 17.7. The van der Waals surface area contributed by atoms with E-state index in [0.29, 0.717) is 13.0 Å². The van der Waals surface area contributed by atoms with Crippen LogP contribution in [-0.2, 0) is 9.53 Å². The van der Waals surface area contributed by atoms with Gasteiger partial charge in [0.1, 0.15) is 17.2 Å². The summed E-state index contributed by atoms with van der Waals surface area (Å²) in [5.41, 5.74) is -1.57. The number of hydrogen-bond acceptors (Lipinski definition) is 7. The molecule has 26 heavy (non-hydrogen) atoms. The molecule has 1 aromatic rings. The van der Waals surface area contributed by atoms with Crippen LogP contribution in [0.4, 0.5) is 4.79 Å². The van der Waals surface area contributed by atoms with Gasteiger partial charge in [0.2, 0.25) is 12.3 Å². The Morgan fingerprint density at radius 1 is 1.50 bits per heavy atom. The molecule has 2 saturated heterocycles. The molecule has 3 heterocycles. The average molecular weight is 366 g/mol. The second-order valence-electron chi connectivity index (χ2n) is 8.01. The number of nitrogens with zero attached hydrogens (tertiary/aromatic N) is 4. The normalized spacial score (nSPS) is 28.2. The number of ether oxygens (including phenoxy) is 1. The van der Waals surface area contributed by atoms with Crippen LogP contribution in [0.1, 0.15) is 59.4 Å². The molecule has 1 spiro atoms. The van der Waals surface area contributed by atoms with Crippen LogP contribution in [-0.4, -0.2) is 66.9 Å². The van der Waals surface area contributed by atoms with Gasteiger partial charge >= 0.3 is 6.09 Å². The number of aliphatic hydroxyl groups is 1. The molecule has 0 radical (unpaired) electrons. The first-order valence-electron chi connectivity index (χ1n) is 8.87. The Bertz CT molecular complexity index is 684. The molecule has 1 N–H and O–H groups in total. The number of amides is 2. The second-order valence-corrected chi connectivity index (χ2v) is 8.01. The number of β-lactam (4-membered cyclic amide) rings is 1. The summed E-state index contributed by atoms with van der Waals surface area (Å²) < 4.78 is 10.7. The summed E-state index contributed by atoms with van der Waals surface area (Å²) in [6.07, 6.45) is 1.08. The maximum atomic E-state index is 13.2. The Kier molecular flexibility index (Phi) is 4.46. The van der Waals surface area contributed by atoms with Crippen LogP contribution in [0.25, 0.3) is 0 Å². The van der Waals surface area contributed by atoms with Crippen LogP contribution in [0.15, 0.2) is 10.8 Å². The molecule has 0 aliphatic carbocycles. The molecule has 144 valence electrons. The molecular weight excluding hydrogens is 340 g/mol. The van der Waals surface area contributed by atoms with E-state index in [1.165, 1.54) is 9.80 Å². The van der Waals surface area contributed by atoms with E-state index in [1.54, 1.807) is 27.7 Å². The van der Waals surface area contributed by atoms with Crippen molar-refractivity contribution >= 4 is 12.0 Å². The fourth-order valence-electron chi connectivity index (χ4n) is 4.05. The minimum absolute atomic E-state index is 0.178. The number of likely N-dealkylation sites (tertiary alicyclic amines) is 2. The van der Waals surface area contributed by atoms with Crippen LogP contribution in [0, 0.1) is 0 Å². The van der Waals surface area contributed by atoms with E-state index in [1.807, 2.05) is 6.92 Å². The molecule has 2 fully saturated rings. The van der Waals surface area contributed by atoms with Crippen LogP contribution >= 0.6 is 0 Å². The van der Waals surface area contributed by atoms with Gasteiger partial charge in [-0.25, -0.2) is 4.79 Å². The smallest absolute Gasteiger partial charge is 0.411 e. The van der Waals surface area contributed by atoms with Gasteiger partial charge in [-0.1, -0.05) is 0 Å². The number of carbonyl (C=O) groups excluding carboxylic acids is 2. The maximum Gasteiger partial charge on any atom is 0.411 e. The van der Waals surface area contributed by atoms with Crippen LogP contribution < -0.4 is 0 Å². The van der Waals surface area contributed by atoms with Gasteiger partial charge in [0.25, 0.3) is 5.91 Å². The Hall–Kier alpha value is -2.16. The van der Waals surface area contributed by atoms with Gasteiger partial charge in [0.15, 0.2) is 0 Å². The highest BCUT2D eigenvalue weighted by molar-refractivity contribution is 5.97. The molecule has 0 aromatic carbocycles. The Labute approximate surface area is 152 Å². The Morgan fingerprint density at radius 3 is 2.69 bits per heavy atom. The highest BCUT2D eigenvalue weighted by Crippen LogP contribution is 2.48. The van der Waals surface area contributed by atoms with Crippen molar-refractivity contribution in [2.24, 2.45) is 0 Å². The molecule has 2 aliphatic rings. The Balaban J connectivity index is 1.86. The summed E-state index contributed by atoms with van der Waals surface area (Å²) in [6, 6.07) is -1.05. The van der Waals surface area contributed by atoms with E-state index in [-0.39, 0.29) is 17.8 Å². The summed E-state index contributed by atoms with van der Waals surface area (Å²) in [5.74, 6) is -0.0469. The van der Waals surface area contributed by atoms with Crippen LogP contribution in [0.3, 0.4) is 0 Å². The first kappa shape index (κ1) is 18.6. The first-order chi connectivity index (χ1) is 12.1. The molecule has 9 heteroatoms. The topological polar surface area (TPSA) is 109 Å². The van der Waals surface area contributed by atoms with Gasteiger partial charge < -0.3 is 19.2 Å². The van der Waals surface area contributed by atoms with E-state index in [4.69, 9.17) is 9.15 Å². The molecule has 2 amide bonds. The first-order valence-corrected chi connectivity index (χ1v) is 8.87. The van der Waals surface area contributed by atoms with Crippen molar-refractivity contribution in [3.8, 4) is 0 Å². The standard InChI is InChI=1S/C17H26N4O5/c1-10(22)12(13-19-18-9-25-13)21-11(2)17(14(21)23)7-6-8-20(17)15(24)26-16(3,4)5/h9-12,22H,6-8H2,1-5H3/t10-,11?,12?,17?/m1/s1. The van der Waals surface area contributed by atoms with Gasteiger partial charge in [-0.05, 0) is 47.5 Å². The predicted octanol–water partition coefficient (Wildman–Crippen LogP) is 1.49. The lowest BCUT2D eigenvalue weighted by Crippen LogP contribution is -2.79. The third-order valence-electron chi connectivity index (χ3n) is 5.13. The van der Waals surface area contributed by atoms with Crippen molar-refractivity contribution in [2.45, 2.75) is 76.8 Å². The summed E-state index contributed by atoms with van der Waals surface area (Å²) >= 11 is 0. The number of aliphatic hydroxyl groups excluding tert-OH is 1. The zero-order valence-electron chi connectivity index (χ0n) is 15.8. The van der Waals surface area contributed by atoms with E-state index in [9.17, 15) is 14.7 Å². The zero-order chi connectivity index (χ0) is 19.3. The van der Waals surface area contributed by atoms with Gasteiger partial charge in [-0.2, -0.15) is 0 Å². The largest absolute Gasteiger partial charge is 0.444 e. The monoisotopic (exact) mass is 366 g/mol. The minimum Gasteiger partial charge on any atom is -0.444 e. The lowest BCUT2D eigenvalue weighted by atomic mass is 9.75. The molecule has 0 saturated carbocycles. The zero-order valence-corrected chi connectivity index (χ0v) is 15.8. The molecule has 3 unspecified atom stereocenters. The lowest BCUT2D eigenvalue weighted by Gasteiger charge is -2.58. The number of hydrogen-bond donors (Lipinski definition) is 1. The van der Waals surface area contributed by atoms with Crippen molar-refractivity contribution in [3.05, 3.63) is 12.3 Å². The SMILES string of the molecule is CC1N(C(c2nnco2)[C@@H](C)O)C(=O)C12CCCN2C(=O)OC(C)(C)C. The molecular formula is C17H26N4O5. The van der Waals surface area contributed by atoms with E-state index in [0.717, 1.165) is 12.8 Å². The predicted molar refractivity (Wildman–Crippen MR) is 89.9 cm³/mol. The molecule has 3 rings (SSSR count). The van der Waals surface area contributed by atoms with Gasteiger partial charge in [0.05, 0.1) is 12.1 Å².